The lowest BCUT2D eigenvalue weighted by Crippen LogP contribution is -2.14. The summed E-state index contributed by atoms with van der Waals surface area (Å²) >= 11 is 11.8. The lowest BCUT2D eigenvalue weighted by atomic mass is 10.2. The van der Waals surface area contributed by atoms with Crippen LogP contribution in [0, 0.1) is 6.92 Å². The molecular formula is C18H16Cl2F3NO2. The number of anilines is 1. The Kier molecular flexibility index (Phi) is 6.78. The number of amides is 1. The molecule has 0 aliphatic rings. The molecule has 0 bridgehead atoms. The Hall–Kier alpha value is -1.92. The number of halogens is 5. The van der Waals surface area contributed by atoms with Crippen molar-refractivity contribution in [1.82, 2.24) is 0 Å². The van der Waals surface area contributed by atoms with Gasteiger partial charge in [0.25, 0.3) is 0 Å². The van der Waals surface area contributed by atoms with E-state index in [-0.39, 0.29) is 23.7 Å². The number of aryl methyl sites for hydroxylation is 1. The normalized spacial score (nSPS) is 11.3. The molecule has 2 rings (SSSR count). The molecule has 0 aliphatic carbocycles. The predicted molar refractivity (Wildman–Crippen MR) is 96.0 cm³/mol. The fourth-order valence-electron chi connectivity index (χ4n) is 2.14. The van der Waals surface area contributed by atoms with Gasteiger partial charge in [-0.1, -0.05) is 23.2 Å². The van der Waals surface area contributed by atoms with Crippen LogP contribution in [0.5, 0.6) is 5.75 Å². The van der Waals surface area contributed by atoms with E-state index in [9.17, 15) is 18.0 Å². The third-order valence-corrected chi connectivity index (χ3v) is 4.27. The minimum Gasteiger partial charge on any atom is -0.494 e. The molecule has 8 heteroatoms. The summed E-state index contributed by atoms with van der Waals surface area (Å²) in [6.45, 7) is 2.13. The van der Waals surface area contributed by atoms with E-state index in [0.717, 1.165) is 23.8 Å². The van der Waals surface area contributed by atoms with Gasteiger partial charge in [-0.15, -0.1) is 0 Å². The van der Waals surface area contributed by atoms with Crippen LogP contribution >= 0.6 is 23.2 Å². The van der Waals surface area contributed by atoms with Crippen molar-refractivity contribution in [3.8, 4) is 5.75 Å². The fraction of sp³-hybridized carbons (Fsp3) is 0.278. The first-order chi connectivity index (χ1) is 12.2. The van der Waals surface area contributed by atoms with Gasteiger partial charge in [-0.25, -0.2) is 0 Å². The predicted octanol–water partition coefficient (Wildman–Crippen LogP) is 6.12. The molecule has 0 aliphatic heterocycles. The number of nitrogens with one attached hydrogen (secondary N) is 1. The molecule has 0 saturated heterocycles. The van der Waals surface area contributed by atoms with Crippen molar-refractivity contribution in [2.45, 2.75) is 25.9 Å². The maximum Gasteiger partial charge on any atom is 0.416 e. The summed E-state index contributed by atoms with van der Waals surface area (Å²) in [5.41, 5.74) is -0.0690. The van der Waals surface area contributed by atoms with E-state index >= 15 is 0 Å². The third-order valence-electron chi connectivity index (χ3n) is 3.51. The molecule has 0 spiro atoms. The number of carbonyl (C=O) groups excluding carboxylic acids is 1. The molecule has 1 amide bonds. The van der Waals surface area contributed by atoms with Gasteiger partial charge in [0.15, 0.2) is 0 Å². The van der Waals surface area contributed by atoms with Gasteiger partial charge >= 0.3 is 6.18 Å². The standard InChI is InChI=1S/C18H16Cl2F3NO2/c1-11-9-13(5-7-14(11)19)26-8-2-3-17(25)24-16-10-12(18(21,22)23)4-6-15(16)20/h4-7,9-10H,2-3,8H2,1H3,(H,24,25). The molecule has 0 saturated carbocycles. The Morgan fingerprint density at radius 3 is 2.46 bits per heavy atom. The maximum atomic E-state index is 12.7. The summed E-state index contributed by atoms with van der Waals surface area (Å²) in [4.78, 5) is 11.9. The molecule has 2 aromatic rings. The van der Waals surface area contributed by atoms with Crippen molar-refractivity contribution in [2.75, 3.05) is 11.9 Å². The van der Waals surface area contributed by atoms with Crippen LogP contribution < -0.4 is 10.1 Å². The Bertz CT molecular complexity index is 794. The smallest absolute Gasteiger partial charge is 0.416 e. The van der Waals surface area contributed by atoms with E-state index in [1.54, 1.807) is 18.2 Å². The van der Waals surface area contributed by atoms with E-state index < -0.39 is 17.6 Å². The molecule has 0 atom stereocenters. The van der Waals surface area contributed by atoms with Gasteiger partial charge in [0.2, 0.25) is 5.91 Å². The first-order valence-corrected chi connectivity index (χ1v) is 8.48. The second kappa shape index (κ2) is 8.64. The molecular weight excluding hydrogens is 390 g/mol. The van der Waals surface area contributed by atoms with E-state index in [1.165, 1.54) is 0 Å². The van der Waals surface area contributed by atoms with Gasteiger partial charge in [0.1, 0.15) is 5.75 Å². The zero-order valence-electron chi connectivity index (χ0n) is 13.8. The average molecular weight is 406 g/mol. The van der Waals surface area contributed by atoms with Crippen molar-refractivity contribution in [2.24, 2.45) is 0 Å². The topological polar surface area (TPSA) is 38.3 Å². The highest BCUT2D eigenvalue weighted by atomic mass is 35.5. The van der Waals surface area contributed by atoms with Crippen molar-refractivity contribution in [3.05, 3.63) is 57.6 Å². The van der Waals surface area contributed by atoms with E-state index in [4.69, 9.17) is 27.9 Å². The van der Waals surface area contributed by atoms with E-state index in [2.05, 4.69) is 5.32 Å². The van der Waals surface area contributed by atoms with Crippen molar-refractivity contribution in [3.63, 3.8) is 0 Å². The molecule has 0 unspecified atom stereocenters. The summed E-state index contributed by atoms with van der Waals surface area (Å²) in [7, 11) is 0. The lowest BCUT2D eigenvalue weighted by Gasteiger charge is -2.12. The molecule has 0 fully saturated rings. The summed E-state index contributed by atoms with van der Waals surface area (Å²) < 4.78 is 43.7. The Morgan fingerprint density at radius 1 is 1.12 bits per heavy atom. The molecule has 0 heterocycles. The molecule has 1 N–H and O–H groups in total. The summed E-state index contributed by atoms with van der Waals surface area (Å²) in [5.74, 6) is 0.190. The highest BCUT2D eigenvalue weighted by Crippen LogP contribution is 2.33. The summed E-state index contributed by atoms with van der Waals surface area (Å²) in [6.07, 6.45) is -4.03. The van der Waals surface area contributed by atoms with Crippen LogP contribution in [0.1, 0.15) is 24.0 Å². The summed E-state index contributed by atoms with van der Waals surface area (Å²) in [5, 5.41) is 3.07. The van der Waals surface area contributed by atoms with E-state index in [0.29, 0.717) is 17.2 Å². The van der Waals surface area contributed by atoms with Crippen molar-refractivity contribution >= 4 is 34.8 Å². The summed E-state index contributed by atoms with van der Waals surface area (Å²) in [6, 6.07) is 8.00. The van der Waals surface area contributed by atoms with Crippen LogP contribution in [-0.2, 0) is 11.0 Å². The zero-order chi connectivity index (χ0) is 19.3. The fourth-order valence-corrected chi connectivity index (χ4v) is 2.42. The molecule has 0 aromatic heterocycles. The Balaban J connectivity index is 1.84. The number of hydrogen-bond donors (Lipinski definition) is 1. The number of benzene rings is 2. The van der Waals surface area contributed by atoms with Crippen LogP contribution in [0.25, 0.3) is 0 Å². The zero-order valence-corrected chi connectivity index (χ0v) is 15.3. The SMILES string of the molecule is Cc1cc(OCCCC(=O)Nc2cc(C(F)(F)F)ccc2Cl)ccc1Cl. The largest absolute Gasteiger partial charge is 0.494 e. The average Bonchev–Trinajstić information content (AvgIpc) is 2.56. The Labute approximate surface area is 159 Å². The van der Waals surface area contributed by atoms with E-state index in [1.807, 2.05) is 6.92 Å². The highest BCUT2D eigenvalue weighted by molar-refractivity contribution is 6.33. The highest BCUT2D eigenvalue weighted by Gasteiger charge is 2.31. The lowest BCUT2D eigenvalue weighted by molar-refractivity contribution is -0.137. The number of alkyl halides is 3. The monoisotopic (exact) mass is 405 g/mol. The molecule has 0 radical (unpaired) electrons. The molecule has 3 nitrogen and oxygen atoms in total. The van der Waals surface area contributed by atoms with Crippen molar-refractivity contribution < 1.29 is 22.7 Å². The van der Waals surface area contributed by atoms with Gasteiger partial charge in [-0.05, 0) is 55.3 Å². The van der Waals surface area contributed by atoms with Gasteiger partial charge in [0, 0.05) is 11.4 Å². The first-order valence-electron chi connectivity index (χ1n) is 7.72. The second-order valence-electron chi connectivity index (χ2n) is 5.60. The van der Waals surface area contributed by atoms with Crippen molar-refractivity contribution in [1.29, 1.82) is 0 Å². The van der Waals surface area contributed by atoms with Gasteiger partial charge < -0.3 is 10.1 Å². The van der Waals surface area contributed by atoms with Gasteiger partial charge in [-0.2, -0.15) is 13.2 Å². The number of rotatable bonds is 6. The first kappa shape index (κ1) is 20.4. The van der Waals surface area contributed by atoms with Crippen LogP contribution in [0.15, 0.2) is 36.4 Å². The second-order valence-corrected chi connectivity index (χ2v) is 6.42. The Morgan fingerprint density at radius 2 is 1.81 bits per heavy atom. The molecule has 140 valence electrons. The number of carbonyl (C=O) groups is 1. The van der Waals surface area contributed by atoms with Crippen LogP contribution in [0.3, 0.4) is 0 Å². The van der Waals surface area contributed by atoms with Crippen LogP contribution in [0.4, 0.5) is 18.9 Å². The quantitative estimate of drug-likeness (QED) is 0.587. The number of hydrogen-bond acceptors (Lipinski definition) is 2. The molecule has 26 heavy (non-hydrogen) atoms. The minimum atomic E-state index is -4.51. The third kappa shape index (κ3) is 5.81. The minimum absolute atomic E-state index is 0.0410. The van der Waals surface area contributed by atoms with Gasteiger partial charge in [0.05, 0.1) is 22.9 Å². The number of ether oxygens (including phenoxy) is 1. The van der Waals surface area contributed by atoms with Gasteiger partial charge in [-0.3, -0.25) is 4.79 Å². The molecule has 2 aromatic carbocycles. The van der Waals surface area contributed by atoms with Crippen LogP contribution in [0.2, 0.25) is 10.0 Å². The van der Waals surface area contributed by atoms with Crippen LogP contribution in [-0.4, -0.2) is 12.5 Å². The maximum absolute atomic E-state index is 12.7.